The summed E-state index contributed by atoms with van der Waals surface area (Å²) in [5.74, 6) is 0. The molecule has 1 aromatic heterocycles. The predicted octanol–water partition coefficient (Wildman–Crippen LogP) is 4.40. The quantitative estimate of drug-likeness (QED) is 0.542. The van der Waals surface area contributed by atoms with Gasteiger partial charge in [0.1, 0.15) is 11.9 Å². The Kier molecular flexibility index (Phi) is 6.49. The van der Waals surface area contributed by atoms with Gasteiger partial charge in [-0.3, -0.25) is 0 Å². The van der Waals surface area contributed by atoms with E-state index in [1.807, 2.05) is 58.2 Å². The maximum atomic E-state index is 11.8. The summed E-state index contributed by atoms with van der Waals surface area (Å²) in [5.41, 5.74) is 9.57. The number of nitrogens with zero attached hydrogens (tertiary/aromatic N) is 2. The molecule has 3 N–H and O–H groups in total. The van der Waals surface area contributed by atoms with Crippen LogP contribution in [0.5, 0.6) is 0 Å². The van der Waals surface area contributed by atoms with E-state index in [0.717, 1.165) is 32.4 Å². The number of alkyl carbamates (subject to hydrolysis) is 1. The number of nitrogens with one attached hydrogen (secondary N) is 1. The molecule has 7 heteroatoms. The molecule has 0 aliphatic carbocycles. The summed E-state index contributed by atoms with van der Waals surface area (Å²) < 4.78 is 7.82. The third-order valence-corrected chi connectivity index (χ3v) is 4.21. The molecule has 1 heterocycles. The largest absolute Gasteiger partial charge is 0.444 e. The Morgan fingerprint density at radius 1 is 1.41 bits per heavy atom. The molecule has 27 heavy (non-hydrogen) atoms. The Morgan fingerprint density at radius 2 is 2.11 bits per heavy atom. The van der Waals surface area contributed by atoms with Crippen LogP contribution in [0.25, 0.3) is 5.57 Å². The van der Waals surface area contributed by atoms with Crippen LogP contribution in [0.2, 0.25) is 0 Å². The third-order valence-electron chi connectivity index (χ3n) is 3.78. The van der Waals surface area contributed by atoms with Crippen molar-refractivity contribution in [2.24, 2.45) is 10.8 Å². The van der Waals surface area contributed by atoms with Gasteiger partial charge in [-0.1, -0.05) is 24.8 Å². The van der Waals surface area contributed by atoms with Gasteiger partial charge in [0, 0.05) is 22.8 Å². The Balaban J connectivity index is 2.14. The van der Waals surface area contributed by atoms with Gasteiger partial charge in [0.15, 0.2) is 0 Å². The number of hydrogen-bond donors (Lipinski definition) is 2. The highest BCUT2D eigenvalue weighted by Gasteiger charge is 2.16. The van der Waals surface area contributed by atoms with Gasteiger partial charge in [-0.25, -0.2) is 9.47 Å². The number of aryl methyl sites for hydroxylation is 1. The van der Waals surface area contributed by atoms with Gasteiger partial charge in [-0.15, -0.1) is 0 Å². The van der Waals surface area contributed by atoms with E-state index in [9.17, 15) is 4.79 Å². The van der Waals surface area contributed by atoms with Crippen LogP contribution in [-0.2, 0) is 11.3 Å². The summed E-state index contributed by atoms with van der Waals surface area (Å²) in [5, 5.41) is 6.89. The molecule has 0 saturated heterocycles. The standard InChI is InChI=1S/C20H25BrN4O2/c1-13-8-15(14(2)18-9-17(21)11-25(18)24-12-22)6-7-16(13)10-23-19(26)27-20(3,4)5/h6-9,11-12H,2,10H2,1,3-5H3,(H2,22,24)(H,23,26). The van der Waals surface area contributed by atoms with Crippen molar-refractivity contribution in [2.75, 3.05) is 0 Å². The van der Waals surface area contributed by atoms with E-state index in [0.29, 0.717) is 6.54 Å². The van der Waals surface area contributed by atoms with Crippen molar-refractivity contribution < 1.29 is 9.53 Å². The molecule has 0 fully saturated rings. The molecule has 144 valence electrons. The zero-order valence-corrected chi connectivity index (χ0v) is 17.6. The average Bonchev–Trinajstić information content (AvgIpc) is 2.92. The first-order valence-electron chi connectivity index (χ1n) is 8.49. The van der Waals surface area contributed by atoms with E-state index in [1.54, 1.807) is 4.68 Å². The van der Waals surface area contributed by atoms with E-state index in [-0.39, 0.29) is 0 Å². The highest BCUT2D eigenvalue weighted by molar-refractivity contribution is 9.10. The first-order chi connectivity index (χ1) is 12.6. The summed E-state index contributed by atoms with van der Waals surface area (Å²) in [7, 11) is 0. The zero-order valence-electron chi connectivity index (χ0n) is 16.0. The second-order valence-electron chi connectivity index (χ2n) is 7.13. The van der Waals surface area contributed by atoms with E-state index < -0.39 is 11.7 Å². The van der Waals surface area contributed by atoms with Gasteiger partial charge in [-0.2, -0.15) is 5.10 Å². The van der Waals surface area contributed by atoms with Gasteiger partial charge in [0.25, 0.3) is 0 Å². The molecule has 2 rings (SSSR count). The molecule has 0 aliphatic heterocycles. The number of amides is 1. The summed E-state index contributed by atoms with van der Waals surface area (Å²) in [4.78, 5) is 11.8. The van der Waals surface area contributed by atoms with Crippen molar-refractivity contribution in [2.45, 2.75) is 39.8 Å². The van der Waals surface area contributed by atoms with Crippen LogP contribution in [0.15, 0.2) is 46.6 Å². The van der Waals surface area contributed by atoms with Crippen molar-refractivity contribution >= 4 is 33.9 Å². The Hall–Kier alpha value is -2.54. The van der Waals surface area contributed by atoms with Crippen LogP contribution in [0.4, 0.5) is 4.79 Å². The number of carbonyl (C=O) groups excluding carboxylic acids is 1. The molecule has 1 aromatic carbocycles. The van der Waals surface area contributed by atoms with E-state index in [2.05, 4.69) is 32.9 Å². The topological polar surface area (TPSA) is 81.6 Å². The Bertz CT molecular complexity index is 879. The number of carbonyl (C=O) groups is 1. The number of halogens is 1. The molecule has 6 nitrogen and oxygen atoms in total. The summed E-state index contributed by atoms with van der Waals surface area (Å²) in [6, 6.07) is 7.91. The predicted molar refractivity (Wildman–Crippen MR) is 113 cm³/mol. The molecular weight excluding hydrogens is 408 g/mol. The lowest BCUT2D eigenvalue weighted by atomic mass is 9.99. The fourth-order valence-corrected chi connectivity index (χ4v) is 2.94. The number of ether oxygens (including phenoxy) is 1. The summed E-state index contributed by atoms with van der Waals surface area (Å²) in [6.07, 6.45) is 2.62. The molecule has 0 bridgehead atoms. The van der Waals surface area contributed by atoms with Crippen molar-refractivity contribution in [3.05, 3.63) is 63.9 Å². The molecule has 0 radical (unpaired) electrons. The number of rotatable bonds is 5. The minimum atomic E-state index is -0.518. The zero-order chi connectivity index (χ0) is 20.2. The molecular formula is C20H25BrN4O2. The fraction of sp³-hybridized carbons (Fsp3) is 0.300. The minimum absolute atomic E-state index is 0.396. The lowest BCUT2D eigenvalue weighted by Crippen LogP contribution is -2.32. The smallest absolute Gasteiger partial charge is 0.407 e. The normalized spacial score (nSPS) is 11.6. The molecule has 0 unspecified atom stereocenters. The highest BCUT2D eigenvalue weighted by Crippen LogP contribution is 2.27. The lowest BCUT2D eigenvalue weighted by molar-refractivity contribution is 0.0523. The second-order valence-corrected chi connectivity index (χ2v) is 8.04. The summed E-state index contributed by atoms with van der Waals surface area (Å²) >= 11 is 3.45. The molecule has 0 atom stereocenters. The van der Waals surface area contributed by atoms with Gasteiger partial charge >= 0.3 is 6.09 Å². The SMILES string of the molecule is C=C(c1ccc(CNC(=O)OC(C)(C)C)c(C)c1)c1cc(Br)cn1/N=C\N. The fourth-order valence-electron chi connectivity index (χ4n) is 2.52. The highest BCUT2D eigenvalue weighted by atomic mass is 79.9. The van der Waals surface area contributed by atoms with Crippen LogP contribution < -0.4 is 11.1 Å². The first-order valence-corrected chi connectivity index (χ1v) is 9.28. The molecule has 1 amide bonds. The van der Waals surface area contributed by atoms with Gasteiger partial charge < -0.3 is 15.8 Å². The Labute approximate surface area is 168 Å². The van der Waals surface area contributed by atoms with Crippen LogP contribution in [0.3, 0.4) is 0 Å². The molecule has 0 spiro atoms. The van der Waals surface area contributed by atoms with E-state index in [1.165, 1.54) is 6.34 Å². The van der Waals surface area contributed by atoms with Gasteiger partial charge in [0.05, 0.1) is 5.69 Å². The summed E-state index contributed by atoms with van der Waals surface area (Å²) in [6.45, 7) is 12.1. The minimum Gasteiger partial charge on any atom is -0.444 e. The van der Waals surface area contributed by atoms with Crippen LogP contribution in [0.1, 0.15) is 43.2 Å². The lowest BCUT2D eigenvalue weighted by Gasteiger charge is -2.20. The van der Waals surface area contributed by atoms with Crippen LogP contribution in [0, 0.1) is 6.92 Å². The second kappa shape index (κ2) is 8.43. The van der Waals surface area contributed by atoms with E-state index in [4.69, 9.17) is 10.5 Å². The van der Waals surface area contributed by atoms with Crippen LogP contribution >= 0.6 is 15.9 Å². The number of hydrogen-bond acceptors (Lipinski definition) is 3. The maximum Gasteiger partial charge on any atom is 0.407 e. The van der Waals surface area contributed by atoms with Gasteiger partial charge in [-0.05, 0) is 66.4 Å². The third kappa shape index (κ3) is 5.72. The Morgan fingerprint density at radius 3 is 2.70 bits per heavy atom. The molecule has 2 aromatic rings. The number of aromatic nitrogens is 1. The van der Waals surface area contributed by atoms with Crippen molar-refractivity contribution in [3.63, 3.8) is 0 Å². The van der Waals surface area contributed by atoms with Gasteiger partial charge in [0.2, 0.25) is 0 Å². The molecule has 0 saturated carbocycles. The van der Waals surface area contributed by atoms with Crippen molar-refractivity contribution in [1.82, 2.24) is 9.99 Å². The average molecular weight is 433 g/mol. The number of nitrogens with two attached hydrogens (primary N) is 1. The molecule has 0 aliphatic rings. The monoisotopic (exact) mass is 432 g/mol. The first kappa shape index (κ1) is 20.8. The van der Waals surface area contributed by atoms with Crippen molar-refractivity contribution in [1.29, 1.82) is 0 Å². The van der Waals surface area contributed by atoms with Crippen LogP contribution in [-0.4, -0.2) is 22.7 Å². The maximum absolute atomic E-state index is 11.8. The number of benzene rings is 1. The van der Waals surface area contributed by atoms with E-state index >= 15 is 0 Å². The van der Waals surface area contributed by atoms with Crippen molar-refractivity contribution in [3.8, 4) is 0 Å².